The molecule has 0 radical (unpaired) electrons. The van der Waals surface area contributed by atoms with Crippen molar-refractivity contribution in [2.75, 3.05) is 46.3 Å². The van der Waals surface area contributed by atoms with E-state index in [2.05, 4.69) is 34.4 Å². The van der Waals surface area contributed by atoms with Crippen LogP contribution in [-0.4, -0.2) is 103 Å². The van der Waals surface area contributed by atoms with Gasteiger partial charge in [-0.3, -0.25) is 14.5 Å². The highest BCUT2D eigenvalue weighted by Crippen LogP contribution is 2.38. The molecule has 0 aromatic carbocycles. The third kappa shape index (κ3) is 4.65. The van der Waals surface area contributed by atoms with Crippen LogP contribution in [0.15, 0.2) is 0 Å². The van der Waals surface area contributed by atoms with Crippen molar-refractivity contribution in [1.82, 2.24) is 25.3 Å². The average molecular weight is 424 g/mol. The molecular weight excluding hydrogens is 385 g/mol. The lowest BCUT2D eigenvalue weighted by atomic mass is 9.77. The van der Waals surface area contributed by atoms with Crippen molar-refractivity contribution in [3.8, 4) is 0 Å². The zero-order valence-electron chi connectivity index (χ0n) is 18.6. The number of fused-ring (bicyclic) bond motifs is 1. The zero-order chi connectivity index (χ0) is 21.4. The molecule has 170 valence electrons. The van der Waals surface area contributed by atoms with Gasteiger partial charge in [-0.15, -0.1) is 0 Å². The molecule has 4 aliphatic rings. The Hall–Kier alpha value is -1.25. The Morgan fingerprint density at radius 1 is 1.07 bits per heavy atom. The lowest BCUT2D eigenvalue weighted by molar-refractivity contribution is -0.131. The Morgan fingerprint density at radius 3 is 2.47 bits per heavy atom. The number of rotatable bonds is 3. The highest BCUT2D eigenvalue weighted by Gasteiger charge is 2.46. The highest BCUT2D eigenvalue weighted by atomic mass is 19.1. The Balaban J connectivity index is 1.31. The predicted molar refractivity (Wildman–Crippen MR) is 114 cm³/mol. The van der Waals surface area contributed by atoms with E-state index >= 15 is 0 Å². The van der Waals surface area contributed by atoms with Gasteiger partial charge < -0.3 is 20.4 Å². The summed E-state index contributed by atoms with van der Waals surface area (Å²) < 4.78 is 14.4. The van der Waals surface area contributed by atoms with Crippen LogP contribution in [0.2, 0.25) is 0 Å². The number of carbonyl (C=O) groups excluding carboxylic acids is 2. The molecule has 0 aromatic heterocycles. The molecule has 0 spiro atoms. The molecule has 0 bridgehead atoms. The van der Waals surface area contributed by atoms with Crippen molar-refractivity contribution in [2.45, 2.75) is 69.9 Å². The van der Waals surface area contributed by atoms with E-state index in [9.17, 15) is 14.0 Å². The number of amides is 2. The molecule has 30 heavy (non-hydrogen) atoms. The van der Waals surface area contributed by atoms with Crippen LogP contribution >= 0.6 is 0 Å². The molecule has 1 saturated carbocycles. The van der Waals surface area contributed by atoms with E-state index < -0.39 is 6.17 Å². The molecule has 3 heterocycles. The molecule has 4 fully saturated rings. The second-order valence-electron chi connectivity index (χ2n) is 10.1. The minimum atomic E-state index is -0.782. The van der Waals surface area contributed by atoms with E-state index in [0.29, 0.717) is 24.8 Å². The largest absolute Gasteiger partial charge is 0.351 e. The standard InChI is InChI=1S/C22H38FN5O2/c1-14-4-5-19(23)18-11-20(25-21(14)18)22(30)24-16-10-17(13-26(3)12-16)28-8-6-27(7-9-28)15(2)29/h14,16-21,25H,4-13H2,1-3H3,(H,24,30)/t14?,16-,17-,18?,19?,20?,21?/m1/s1. The molecule has 1 aliphatic carbocycles. The fourth-order valence-corrected chi connectivity index (χ4v) is 6.16. The lowest BCUT2D eigenvalue weighted by Crippen LogP contribution is -2.60. The summed E-state index contributed by atoms with van der Waals surface area (Å²) in [5, 5.41) is 6.72. The van der Waals surface area contributed by atoms with Gasteiger partial charge in [-0.2, -0.15) is 0 Å². The first-order valence-corrected chi connectivity index (χ1v) is 11.7. The second kappa shape index (κ2) is 9.09. The van der Waals surface area contributed by atoms with Crippen molar-refractivity contribution < 1.29 is 14.0 Å². The number of nitrogens with one attached hydrogen (secondary N) is 2. The van der Waals surface area contributed by atoms with Gasteiger partial charge in [-0.25, -0.2) is 4.39 Å². The number of piperidine rings is 1. The van der Waals surface area contributed by atoms with E-state index in [-0.39, 0.29) is 35.9 Å². The third-order valence-corrected chi connectivity index (χ3v) is 7.89. The summed E-state index contributed by atoms with van der Waals surface area (Å²) in [6, 6.07) is 0.347. The van der Waals surface area contributed by atoms with Crippen molar-refractivity contribution >= 4 is 11.8 Å². The van der Waals surface area contributed by atoms with Crippen molar-refractivity contribution in [3.05, 3.63) is 0 Å². The molecule has 3 aliphatic heterocycles. The third-order valence-electron chi connectivity index (χ3n) is 7.89. The van der Waals surface area contributed by atoms with Gasteiger partial charge in [0.15, 0.2) is 0 Å². The minimum Gasteiger partial charge on any atom is -0.351 e. The fraction of sp³-hybridized carbons (Fsp3) is 0.909. The molecule has 3 saturated heterocycles. The highest BCUT2D eigenvalue weighted by molar-refractivity contribution is 5.82. The molecule has 0 aromatic rings. The van der Waals surface area contributed by atoms with Gasteiger partial charge in [-0.1, -0.05) is 6.92 Å². The summed E-state index contributed by atoms with van der Waals surface area (Å²) in [7, 11) is 2.11. The van der Waals surface area contributed by atoms with Gasteiger partial charge in [0.1, 0.15) is 6.17 Å². The first-order chi connectivity index (χ1) is 14.3. The van der Waals surface area contributed by atoms with Gasteiger partial charge in [0.05, 0.1) is 6.04 Å². The maximum atomic E-state index is 14.4. The smallest absolute Gasteiger partial charge is 0.237 e. The molecule has 7 nitrogen and oxygen atoms in total. The summed E-state index contributed by atoms with van der Waals surface area (Å²) in [5.41, 5.74) is 0. The van der Waals surface area contributed by atoms with Crippen LogP contribution in [-0.2, 0) is 9.59 Å². The maximum absolute atomic E-state index is 14.4. The number of likely N-dealkylation sites (tertiary alicyclic amines) is 1. The quantitative estimate of drug-likeness (QED) is 0.690. The fourth-order valence-electron chi connectivity index (χ4n) is 6.16. The minimum absolute atomic E-state index is 0.0242. The molecular formula is C22H38FN5O2. The average Bonchev–Trinajstić information content (AvgIpc) is 3.17. The number of piperazine rings is 1. The van der Waals surface area contributed by atoms with Crippen LogP contribution in [0, 0.1) is 11.8 Å². The molecule has 2 amide bonds. The topological polar surface area (TPSA) is 67.9 Å². The molecule has 2 N–H and O–H groups in total. The van der Waals surface area contributed by atoms with Gasteiger partial charge in [0, 0.05) is 70.2 Å². The number of alkyl halides is 1. The molecule has 7 atom stereocenters. The summed E-state index contributed by atoms with van der Waals surface area (Å²) in [5.74, 6) is 0.585. The van der Waals surface area contributed by atoms with Crippen LogP contribution in [0.3, 0.4) is 0 Å². The van der Waals surface area contributed by atoms with Gasteiger partial charge in [-0.05, 0) is 38.6 Å². The Morgan fingerprint density at radius 2 is 1.80 bits per heavy atom. The van der Waals surface area contributed by atoms with Crippen molar-refractivity contribution in [1.29, 1.82) is 0 Å². The number of nitrogens with zero attached hydrogens (tertiary/aromatic N) is 3. The summed E-state index contributed by atoms with van der Waals surface area (Å²) >= 11 is 0. The Kier molecular flexibility index (Phi) is 6.65. The number of halogens is 1. The maximum Gasteiger partial charge on any atom is 0.237 e. The van der Waals surface area contributed by atoms with Crippen molar-refractivity contribution in [3.63, 3.8) is 0 Å². The molecule has 8 heteroatoms. The van der Waals surface area contributed by atoms with Gasteiger partial charge in [0.25, 0.3) is 0 Å². The SMILES string of the molecule is CC(=O)N1CCN([C@@H]2C[C@@H](NC(=O)C3CC4C(F)CCC(C)C4N3)CN(C)C2)CC1. The second-order valence-corrected chi connectivity index (χ2v) is 10.1. The van der Waals surface area contributed by atoms with E-state index in [1.54, 1.807) is 6.92 Å². The predicted octanol–water partition coefficient (Wildman–Crippen LogP) is 0.454. The number of hydrogen-bond donors (Lipinski definition) is 2. The van der Waals surface area contributed by atoms with Crippen LogP contribution in [0.25, 0.3) is 0 Å². The Bertz CT molecular complexity index is 623. The zero-order valence-corrected chi connectivity index (χ0v) is 18.6. The first kappa shape index (κ1) is 22.0. The van der Waals surface area contributed by atoms with E-state index in [1.165, 1.54) is 0 Å². The lowest BCUT2D eigenvalue weighted by Gasteiger charge is -2.45. The van der Waals surface area contributed by atoms with Gasteiger partial charge >= 0.3 is 0 Å². The van der Waals surface area contributed by atoms with Crippen molar-refractivity contribution in [2.24, 2.45) is 11.8 Å². The monoisotopic (exact) mass is 423 g/mol. The number of hydrogen-bond acceptors (Lipinski definition) is 5. The summed E-state index contributed by atoms with van der Waals surface area (Å²) in [4.78, 5) is 31.3. The van der Waals surface area contributed by atoms with E-state index in [4.69, 9.17) is 0 Å². The normalized spacial score (nSPS) is 40.8. The van der Waals surface area contributed by atoms with E-state index in [0.717, 1.165) is 52.1 Å². The summed E-state index contributed by atoms with van der Waals surface area (Å²) in [6.45, 7) is 8.98. The van der Waals surface area contributed by atoms with Gasteiger partial charge in [0.2, 0.25) is 11.8 Å². The molecule has 4 rings (SSSR count). The van der Waals surface area contributed by atoms with Crippen LogP contribution in [0.5, 0.6) is 0 Å². The van der Waals surface area contributed by atoms with Crippen LogP contribution < -0.4 is 10.6 Å². The van der Waals surface area contributed by atoms with Crippen LogP contribution in [0.1, 0.15) is 39.5 Å². The van der Waals surface area contributed by atoms with E-state index in [1.807, 2.05) is 4.90 Å². The Labute approximate surface area is 179 Å². The number of carbonyl (C=O) groups is 2. The summed E-state index contributed by atoms with van der Waals surface area (Å²) in [6.07, 6.45) is 2.29. The van der Waals surface area contributed by atoms with Crippen LogP contribution in [0.4, 0.5) is 4.39 Å². The molecule has 5 unspecified atom stereocenters. The number of likely N-dealkylation sites (N-methyl/N-ethyl adjacent to an activating group) is 1. The first-order valence-electron chi connectivity index (χ1n) is 11.7.